The van der Waals surface area contributed by atoms with Crippen LogP contribution >= 0.6 is 11.3 Å². The van der Waals surface area contributed by atoms with Crippen LogP contribution in [0.5, 0.6) is 0 Å². The van der Waals surface area contributed by atoms with Crippen LogP contribution in [0.3, 0.4) is 0 Å². The summed E-state index contributed by atoms with van der Waals surface area (Å²) in [6, 6.07) is 1.80. The zero-order valence-corrected chi connectivity index (χ0v) is 18.4. The van der Waals surface area contributed by atoms with Crippen LogP contribution in [0.4, 0.5) is 10.8 Å². The number of aromatic amines is 1. The van der Waals surface area contributed by atoms with Gasteiger partial charge in [0.25, 0.3) is 10.0 Å². The van der Waals surface area contributed by atoms with Gasteiger partial charge in [-0.1, -0.05) is 0 Å². The minimum Gasteiger partial charge on any atom is -0.330 e. The quantitative estimate of drug-likeness (QED) is 0.395. The first-order valence-corrected chi connectivity index (χ1v) is 11.4. The minimum absolute atomic E-state index is 0.298. The molecule has 0 bridgehead atoms. The Bertz CT molecular complexity index is 1290. The van der Waals surface area contributed by atoms with E-state index in [0.717, 1.165) is 28.3 Å². The van der Waals surface area contributed by atoms with Crippen LogP contribution in [0.15, 0.2) is 35.1 Å². The number of nitrogens with one attached hydrogen (secondary N) is 2. The van der Waals surface area contributed by atoms with E-state index < -0.39 is 10.0 Å². The number of aryl methyl sites for hydroxylation is 1. The van der Waals surface area contributed by atoms with Crippen LogP contribution in [0, 0.1) is 6.92 Å². The topological polar surface area (TPSA) is 134 Å². The molecule has 4 rings (SSSR count). The molecule has 4 aromatic heterocycles. The largest absolute Gasteiger partial charge is 0.330 e. The third-order valence-corrected chi connectivity index (χ3v) is 8.15. The summed E-state index contributed by atoms with van der Waals surface area (Å²) in [5, 5.41) is 10.7. The van der Waals surface area contributed by atoms with Crippen molar-refractivity contribution in [3.63, 3.8) is 0 Å². The van der Waals surface area contributed by atoms with Gasteiger partial charge in [-0.25, -0.2) is 22.7 Å². The lowest BCUT2D eigenvalue weighted by Gasteiger charge is -2.10. The average Bonchev–Trinajstić information content (AvgIpc) is 3.41. The van der Waals surface area contributed by atoms with Gasteiger partial charge in [0.2, 0.25) is 0 Å². The summed E-state index contributed by atoms with van der Waals surface area (Å²) in [4.78, 5) is 9.19. The molecule has 0 amide bonds. The molecule has 4 aromatic rings. The van der Waals surface area contributed by atoms with Crippen molar-refractivity contribution in [2.24, 2.45) is 5.73 Å². The zero-order chi connectivity index (χ0) is 21.5. The molecule has 0 spiro atoms. The summed E-state index contributed by atoms with van der Waals surface area (Å²) in [6.07, 6.45) is 7.77. The van der Waals surface area contributed by atoms with Gasteiger partial charge < -0.3 is 11.1 Å². The first-order valence-electron chi connectivity index (χ1n) is 9.17. The number of hydrogen-bond acceptors (Lipinski definition) is 8. The number of H-pyrrole nitrogens is 1. The van der Waals surface area contributed by atoms with Gasteiger partial charge in [-0.05, 0) is 25.1 Å². The van der Waals surface area contributed by atoms with E-state index in [4.69, 9.17) is 5.73 Å². The lowest BCUT2D eigenvalue weighted by atomic mass is 10.2. The molecule has 4 N–H and O–H groups in total. The molecular formula is C18H22N8O2S2. The number of nitrogens with zero attached hydrogens (tertiary/aromatic N) is 5. The second-order valence-corrected chi connectivity index (χ2v) is 10.3. The number of hydrogen-bond donors (Lipinski definition) is 3. The number of thiophene rings is 1. The summed E-state index contributed by atoms with van der Waals surface area (Å²) < 4.78 is 28.6. The second kappa shape index (κ2) is 7.80. The molecule has 0 aliphatic heterocycles. The number of nitrogens with two attached hydrogens (primary N) is 1. The zero-order valence-electron chi connectivity index (χ0n) is 16.7. The SMILES string of the molecule is Cc1cc(Nc2nc(CCN)cn3c(-c4cn[nH]c4)cnc23)sc1S(=O)(=O)N(C)C. The lowest BCUT2D eigenvalue weighted by molar-refractivity contribution is 0.522. The molecule has 0 saturated carbocycles. The Hall–Kier alpha value is -2.80. The second-order valence-electron chi connectivity index (χ2n) is 6.94. The molecule has 10 nitrogen and oxygen atoms in total. The maximum absolute atomic E-state index is 12.6. The Morgan fingerprint density at radius 2 is 2.13 bits per heavy atom. The van der Waals surface area contributed by atoms with Crippen molar-refractivity contribution in [1.82, 2.24) is 28.9 Å². The molecule has 0 atom stereocenters. The fraction of sp³-hybridized carbons (Fsp3) is 0.278. The van der Waals surface area contributed by atoms with Gasteiger partial charge in [-0.3, -0.25) is 9.50 Å². The van der Waals surface area contributed by atoms with E-state index in [2.05, 4.69) is 25.5 Å². The molecule has 0 unspecified atom stereocenters. The van der Waals surface area contributed by atoms with Crippen molar-refractivity contribution in [3.05, 3.63) is 42.1 Å². The summed E-state index contributed by atoms with van der Waals surface area (Å²) in [5.74, 6) is 0.533. The van der Waals surface area contributed by atoms with E-state index in [1.165, 1.54) is 18.4 Å². The third kappa shape index (κ3) is 3.58. The number of rotatable bonds is 7. The first kappa shape index (κ1) is 20.5. The third-order valence-electron chi connectivity index (χ3n) is 4.57. The van der Waals surface area contributed by atoms with Gasteiger partial charge in [0.05, 0.1) is 28.8 Å². The highest BCUT2D eigenvalue weighted by Gasteiger charge is 2.23. The van der Waals surface area contributed by atoms with E-state index in [1.54, 1.807) is 31.6 Å². The molecule has 0 saturated heterocycles. The summed E-state index contributed by atoms with van der Waals surface area (Å²) in [5.41, 5.74) is 9.59. The van der Waals surface area contributed by atoms with Crippen LogP contribution in [0.2, 0.25) is 0 Å². The molecular weight excluding hydrogens is 424 g/mol. The monoisotopic (exact) mass is 446 g/mol. The normalized spacial score (nSPS) is 12.2. The fourth-order valence-corrected chi connectivity index (χ4v) is 5.80. The molecule has 30 heavy (non-hydrogen) atoms. The van der Waals surface area contributed by atoms with Crippen LogP contribution in [-0.2, 0) is 16.4 Å². The molecule has 0 aromatic carbocycles. The van der Waals surface area contributed by atoms with Gasteiger partial charge in [-0.2, -0.15) is 5.10 Å². The van der Waals surface area contributed by atoms with Crippen molar-refractivity contribution < 1.29 is 8.42 Å². The van der Waals surface area contributed by atoms with Crippen molar-refractivity contribution in [2.75, 3.05) is 26.0 Å². The Balaban J connectivity index is 1.80. The van der Waals surface area contributed by atoms with Crippen molar-refractivity contribution in [1.29, 1.82) is 0 Å². The number of anilines is 2. The highest BCUT2D eigenvalue weighted by atomic mass is 32.2. The van der Waals surface area contributed by atoms with E-state index in [9.17, 15) is 8.42 Å². The summed E-state index contributed by atoms with van der Waals surface area (Å²) >= 11 is 1.16. The maximum atomic E-state index is 12.6. The van der Waals surface area contributed by atoms with Crippen LogP contribution in [0.25, 0.3) is 16.9 Å². The Kier molecular flexibility index (Phi) is 5.32. The predicted octanol–water partition coefficient (Wildman–Crippen LogP) is 1.98. The maximum Gasteiger partial charge on any atom is 0.252 e. The Morgan fingerprint density at radius 1 is 1.33 bits per heavy atom. The van der Waals surface area contributed by atoms with E-state index in [1.807, 2.05) is 10.6 Å². The molecule has 0 aliphatic rings. The van der Waals surface area contributed by atoms with Gasteiger partial charge in [0, 0.05) is 38.5 Å². The van der Waals surface area contributed by atoms with Gasteiger partial charge >= 0.3 is 0 Å². The summed E-state index contributed by atoms with van der Waals surface area (Å²) in [6.45, 7) is 2.23. The minimum atomic E-state index is -3.52. The van der Waals surface area contributed by atoms with Crippen LogP contribution in [0.1, 0.15) is 11.3 Å². The van der Waals surface area contributed by atoms with Crippen LogP contribution < -0.4 is 11.1 Å². The average molecular weight is 447 g/mol. The van der Waals surface area contributed by atoms with E-state index in [-0.39, 0.29) is 0 Å². The fourth-order valence-electron chi connectivity index (χ4n) is 3.06. The van der Waals surface area contributed by atoms with Crippen molar-refractivity contribution in [2.45, 2.75) is 17.6 Å². The van der Waals surface area contributed by atoms with Crippen LogP contribution in [-0.4, -0.2) is 57.9 Å². The Labute approximate surface area is 177 Å². The van der Waals surface area contributed by atoms with Crippen molar-refractivity contribution >= 4 is 37.8 Å². The lowest BCUT2D eigenvalue weighted by Crippen LogP contribution is -2.21. The van der Waals surface area contributed by atoms with Gasteiger partial charge in [-0.15, -0.1) is 11.3 Å². The van der Waals surface area contributed by atoms with Gasteiger partial charge in [0.1, 0.15) is 4.21 Å². The van der Waals surface area contributed by atoms with E-state index >= 15 is 0 Å². The molecule has 0 aliphatic carbocycles. The standard InChI is InChI=1S/C18H22N8O2S2/c1-11-6-15(29-18(11)30(27,28)25(2)3)24-16-17-20-9-14(12-7-21-22-8-12)26(17)10-13(23-16)4-5-19/h6-10H,4-5,19H2,1-3H3,(H,21,22)(H,23,24). The number of aromatic nitrogens is 5. The first-order chi connectivity index (χ1) is 14.3. The molecule has 4 heterocycles. The number of fused-ring (bicyclic) bond motifs is 1. The predicted molar refractivity (Wildman–Crippen MR) is 117 cm³/mol. The highest BCUT2D eigenvalue weighted by molar-refractivity contribution is 7.91. The molecule has 158 valence electrons. The molecule has 12 heteroatoms. The number of sulfonamides is 1. The van der Waals surface area contributed by atoms with E-state index in [0.29, 0.717) is 39.2 Å². The molecule has 0 fully saturated rings. The van der Waals surface area contributed by atoms with Gasteiger partial charge in [0.15, 0.2) is 11.5 Å². The highest BCUT2D eigenvalue weighted by Crippen LogP contribution is 2.34. The smallest absolute Gasteiger partial charge is 0.252 e. The number of imidazole rings is 1. The van der Waals surface area contributed by atoms with Crippen molar-refractivity contribution in [3.8, 4) is 11.3 Å². The molecule has 0 radical (unpaired) electrons. The Morgan fingerprint density at radius 3 is 2.80 bits per heavy atom. The summed E-state index contributed by atoms with van der Waals surface area (Å²) in [7, 11) is -0.483.